The van der Waals surface area contributed by atoms with Crippen LogP contribution in [0.15, 0.2) is 54.6 Å². The molecule has 0 amide bonds. The van der Waals surface area contributed by atoms with E-state index in [1.807, 2.05) is 55.5 Å². The van der Waals surface area contributed by atoms with Crippen molar-refractivity contribution >= 4 is 16.9 Å². The van der Waals surface area contributed by atoms with Gasteiger partial charge in [0.25, 0.3) is 0 Å². The number of hydrogen-bond acceptors (Lipinski definition) is 3. The summed E-state index contributed by atoms with van der Waals surface area (Å²) in [7, 11) is 0. The van der Waals surface area contributed by atoms with Crippen molar-refractivity contribution in [1.82, 2.24) is 4.98 Å². The second kappa shape index (κ2) is 8.61. The second-order valence-electron chi connectivity index (χ2n) is 6.37. The van der Waals surface area contributed by atoms with Crippen molar-refractivity contribution in [3.63, 3.8) is 0 Å². The van der Waals surface area contributed by atoms with E-state index >= 15 is 0 Å². The maximum absolute atomic E-state index is 12.9. The molecule has 2 aromatic carbocycles. The van der Waals surface area contributed by atoms with Gasteiger partial charge in [-0.2, -0.15) is 0 Å². The number of carbonyl (C=O) groups excluding carboxylic acids is 1. The van der Waals surface area contributed by atoms with Gasteiger partial charge in [0.15, 0.2) is 0 Å². The van der Waals surface area contributed by atoms with Gasteiger partial charge >= 0.3 is 5.97 Å². The molecule has 0 spiro atoms. The predicted molar refractivity (Wildman–Crippen MR) is 106 cm³/mol. The molecule has 0 saturated heterocycles. The van der Waals surface area contributed by atoms with Gasteiger partial charge in [-0.3, -0.25) is 0 Å². The Balaban J connectivity index is 2.26. The summed E-state index contributed by atoms with van der Waals surface area (Å²) in [6, 6.07) is 18.0. The van der Waals surface area contributed by atoms with Crippen LogP contribution in [0.2, 0.25) is 0 Å². The van der Waals surface area contributed by atoms with E-state index in [9.17, 15) is 4.79 Å². The molecule has 3 heteroatoms. The average molecular weight is 347 g/mol. The van der Waals surface area contributed by atoms with Gasteiger partial charge in [0, 0.05) is 10.9 Å². The Kier molecular flexibility index (Phi) is 6.00. The summed E-state index contributed by atoms with van der Waals surface area (Å²) in [5.74, 6) is -0.281. The van der Waals surface area contributed by atoms with Crippen LogP contribution in [-0.4, -0.2) is 17.6 Å². The number of para-hydroxylation sites is 1. The van der Waals surface area contributed by atoms with E-state index in [1.165, 1.54) is 0 Å². The normalized spacial score (nSPS) is 10.8. The van der Waals surface area contributed by atoms with Crippen molar-refractivity contribution in [2.24, 2.45) is 0 Å². The second-order valence-corrected chi connectivity index (χ2v) is 6.37. The molecule has 0 bridgehead atoms. The Labute approximate surface area is 155 Å². The van der Waals surface area contributed by atoms with E-state index in [4.69, 9.17) is 9.72 Å². The number of unbranched alkanes of at least 4 members (excludes halogenated alkanes) is 2. The fourth-order valence-electron chi connectivity index (χ4n) is 3.32. The first-order chi connectivity index (χ1) is 12.8. The molecule has 3 nitrogen and oxygen atoms in total. The van der Waals surface area contributed by atoms with Crippen molar-refractivity contribution in [2.45, 2.75) is 39.5 Å². The number of nitrogens with zero attached hydrogens (tertiary/aromatic N) is 1. The molecule has 3 aromatic rings. The topological polar surface area (TPSA) is 39.2 Å². The third kappa shape index (κ3) is 3.77. The minimum Gasteiger partial charge on any atom is -0.462 e. The molecule has 0 aliphatic rings. The number of rotatable bonds is 7. The molecule has 0 fully saturated rings. The van der Waals surface area contributed by atoms with Crippen LogP contribution in [0.25, 0.3) is 22.2 Å². The molecule has 1 aromatic heterocycles. The van der Waals surface area contributed by atoms with E-state index in [0.29, 0.717) is 17.9 Å². The van der Waals surface area contributed by atoms with Crippen molar-refractivity contribution in [1.29, 1.82) is 0 Å². The van der Waals surface area contributed by atoms with Crippen LogP contribution >= 0.6 is 0 Å². The Hall–Kier alpha value is -2.68. The van der Waals surface area contributed by atoms with Crippen LogP contribution in [0.4, 0.5) is 0 Å². The van der Waals surface area contributed by atoms with E-state index in [1.54, 1.807) is 0 Å². The molecule has 134 valence electrons. The van der Waals surface area contributed by atoms with Crippen LogP contribution in [0, 0.1) is 0 Å². The molecular weight excluding hydrogens is 322 g/mol. The average Bonchev–Trinajstić information content (AvgIpc) is 2.68. The summed E-state index contributed by atoms with van der Waals surface area (Å²) in [5.41, 5.74) is 4.26. The molecule has 3 rings (SSSR count). The smallest absolute Gasteiger partial charge is 0.340 e. The lowest BCUT2D eigenvalue weighted by atomic mass is 9.93. The first-order valence-electron chi connectivity index (χ1n) is 9.40. The number of benzene rings is 2. The maximum atomic E-state index is 12.9. The lowest BCUT2D eigenvalue weighted by Gasteiger charge is -2.16. The zero-order valence-corrected chi connectivity index (χ0v) is 15.5. The summed E-state index contributed by atoms with van der Waals surface area (Å²) >= 11 is 0. The summed E-state index contributed by atoms with van der Waals surface area (Å²) in [4.78, 5) is 17.7. The quantitative estimate of drug-likeness (QED) is 0.400. The number of esters is 1. The summed E-state index contributed by atoms with van der Waals surface area (Å²) in [6.07, 6.45) is 4.18. The van der Waals surface area contributed by atoms with Crippen molar-refractivity contribution in [3.05, 3.63) is 65.7 Å². The van der Waals surface area contributed by atoms with Gasteiger partial charge in [0.1, 0.15) is 0 Å². The van der Waals surface area contributed by atoms with Gasteiger partial charge in [-0.05, 0) is 31.4 Å². The summed E-state index contributed by atoms with van der Waals surface area (Å²) < 4.78 is 5.41. The van der Waals surface area contributed by atoms with E-state index < -0.39 is 0 Å². The lowest BCUT2D eigenvalue weighted by Crippen LogP contribution is -2.12. The van der Waals surface area contributed by atoms with E-state index in [0.717, 1.165) is 47.7 Å². The number of fused-ring (bicyclic) bond motifs is 1. The van der Waals surface area contributed by atoms with Crippen LogP contribution in [0.3, 0.4) is 0 Å². The Morgan fingerprint density at radius 3 is 2.42 bits per heavy atom. The highest BCUT2D eigenvalue weighted by Gasteiger charge is 2.22. The Morgan fingerprint density at radius 2 is 1.69 bits per heavy atom. The number of aromatic nitrogens is 1. The molecule has 0 unspecified atom stereocenters. The molecular formula is C23H25NO2. The third-order valence-electron chi connectivity index (χ3n) is 4.56. The van der Waals surface area contributed by atoms with Crippen LogP contribution in [0.1, 0.15) is 49.0 Å². The largest absolute Gasteiger partial charge is 0.462 e. The Bertz CT molecular complexity index is 887. The maximum Gasteiger partial charge on any atom is 0.340 e. The zero-order valence-electron chi connectivity index (χ0n) is 15.5. The number of pyridine rings is 1. The van der Waals surface area contributed by atoms with Crippen LogP contribution < -0.4 is 0 Å². The standard InChI is InChI=1S/C23H25NO2/c1-3-5-7-15-19-18-14-10-11-16-20(18)24-22(17-12-8-6-9-13-17)21(19)23(25)26-4-2/h6,8-14,16H,3-5,7,15H2,1-2H3. The molecule has 0 aliphatic heterocycles. The lowest BCUT2D eigenvalue weighted by molar-refractivity contribution is 0.0526. The number of ether oxygens (including phenoxy) is 1. The predicted octanol–water partition coefficient (Wildman–Crippen LogP) is 5.81. The number of aryl methyl sites for hydroxylation is 1. The van der Waals surface area contributed by atoms with Crippen LogP contribution in [-0.2, 0) is 11.2 Å². The molecule has 0 aliphatic carbocycles. The first kappa shape index (κ1) is 18.1. The van der Waals surface area contributed by atoms with E-state index in [2.05, 4.69) is 13.0 Å². The van der Waals surface area contributed by atoms with Crippen molar-refractivity contribution < 1.29 is 9.53 Å². The highest BCUT2D eigenvalue weighted by molar-refractivity contribution is 6.03. The first-order valence-corrected chi connectivity index (χ1v) is 9.40. The number of hydrogen-bond donors (Lipinski definition) is 0. The molecule has 0 saturated carbocycles. The van der Waals surface area contributed by atoms with Gasteiger partial charge in [0.2, 0.25) is 0 Å². The van der Waals surface area contributed by atoms with Gasteiger partial charge in [0.05, 0.1) is 23.4 Å². The van der Waals surface area contributed by atoms with Gasteiger partial charge in [-0.15, -0.1) is 0 Å². The molecule has 0 N–H and O–H groups in total. The zero-order chi connectivity index (χ0) is 18.4. The minimum atomic E-state index is -0.281. The Morgan fingerprint density at radius 1 is 0.962 bits per heavy atom. The summed E-state index contributed by atoms with van der Waals surface area (Å²) in [5, 5.41) is 1.05. The van der Waals surface area contributed by atoms with E-state index in [-0.39, 0.29) is 5.97 Å². The minimum absolute atomic E-state index is 0.281. The molecule has 0 radical (unpaired) electrons. The van der Waals surface area contributed by atoms with Gasteiger partial charge in [-0.25, -0.2) is 9.78 Å². The van der Waals surface area contributed by atoms with Crippen molar-refractivity contribution in [2.75, 3.05) is 6.61 Å². The van der Waals surface area contributed by atoms with Gasteiger partial charge < -0.3 is 4.74 Å². The molecule has 1 heterocycles. The van der Waals surface area contributed by atoms with Crippen LogP contribution in [0.5, 0.6) is 0 Å². The fourth-order valence-corrected chi connectivity index (χ4v) is 3.32. The number of carbonyl (C=O) groups is 1. The van der Waals surface area contributed by atoms with Crippen molar-refractivity contribution in [3.8, 4) is 11.3 Å². The van der Waals surface area contributed by atoms with Gasteiger partial charge in [-0.1, -0.05) is 68.3 Å². The highest BCUT2D eigenvalue weighted by atomic mass is 16.5. The monoisotopic (exact) mass is 347 g/mol. The fraction of sp³-hybridized carbons (Fsp3) is 0.304. The highest BCUT2D eigenvalue weighted by Crippen LogP contribution is 2.32. The third-order valence-corrected chi connectivity index (χ3v) is 4.56. The molecule has 26 heavy (non-hydrogen) atoms. The molecule has 0 atom stereocenters. The SMILES string of the molecule is CCCCCc1c(C(=O)OCC)c(-c2ccccc2)nc2ccccc12. The summed E-state index contributed by atoms with van der Waals surface area (Å²) in [6.45, 7) is 4.38.